The third-order valence-electron chi connectivity index (χ3n) is 2.74. The number of hydrogen-bond acceptors (Lipinski definition) is 4. The summed E-state index contributed by atoms with van der Waals surface area (Å²) in [6.45, 7) is 6.02. The first-order chi connectivity index (χ1) is 8.43. The first-order valence-corrected chi connectivity index (χ1v) is 5.91. The Bertz CT molecular complexity index is 430. The first kappa shape index (κ1) is 14.1. The molecule has 7 nitrogen and oxygen atoms in total. The van der Waals surface area contributed by atoms with Gasteiger partial charge in [-0.05, 0) is 13.3 Å². The summed E-state index contributed by atoms with van der Waals surface area (Å²) < 4.78 is 1.42. The van der Waals surface area contributed by atoms with E-state index in [2.05, 4.69) is 10.4 Å². The maximum Gasteiger partial charge on any atom is 0.306 e. The van der Waals surface area contributed by atoms with Crippen LogP contribution in [0, 0.1) is 16.0 Å². The third-order valence-corrected chi connectivity index (χ3v) is 2.74. The number of hydrogen-bond donors (Lipinski definition) is 1. The lowest BCUT2D eigenvalue weighted by molar-refractivity contribution is -0.385. The molecule has 0 saturated carbocycles. The fraction of sp³-hybridized carbons (Fsp3) is 0.636. The van der Waals surface area contributed by atoms with E-state index in [1.54, 1.807) is 6.92 Å². The molecule has 1 rings (SSSR count). The second-order valence-electron chi connectivity index (χ2n) is 4.40. The molecular formula is C11H18N4O3. The third kappa shape index (κ3) is 3.83. The minimum atomic E-state index is -0.507. The standard InChI is InChI=1S/C11H18N4O3/c1-4-9(3)13-11(16)8(2)6-14-7-10(5-12-14)15(17)18/h5,7-9H,4,6H2,1-3H3,(H,13,16). The summed E-state index contributed by atoms with van der Waals surface area (Å²) in [7, 11) is 0. The van der Waals surface area contributed by atoms with Crippen molar-refractivity contribution in [1.29, 1.82) is 0 Å². The molecule has 0 spiro atoms. The van der Waals surface area contributed by atoms with Crippen molar-refractivity contribution >= 4 is 11.6 Å². The Balaban J connectivity index is 2.55. The monoisotopic (exact) mass is 254 g/mol. The summed E-state index contributed by atoms with van der Waals surface area (Å²) in [5.41, 5.74) is -0.0652. The van der Waals surface area contributed by atoms with Crippen LogP contribution in [-0.4, -0.2) is 26.7 Å². The molecule has 2 atom stereocenters. The Morgan fingerprint density at radius 1 is 1.61 bits per heavy atom. The highest BCUT2D eigenvalue weighted by atomic mass is 16.6. The molecule has 0 radical (unpaired) electrons. The van der Waals surface area contributed by atoms with Crippen molar-refractivity contribution < 1.29 is 9.72 Å². The Kier molecular flexibility index (Phi) is 4.82. The van der Waals surface area contributed by atoms with Crippen LogP contribution in [0.3, 0.4) is 0 Å². The number of nitrogens with zero attached hydrogens (tertiary/aromatic N) is 3. The lowest BCUT2D eigenvalue weighted by Gasteiger charge is -2.16. The number of amides is 1. The number of rotatable bonds is 6. The molecule has 1 amide bonds. The summed E-state index contributed by atoms with van der Waals surface area (Å²) in [5.74, 6) is -0.346. The highest BCUT2D eigenvalue weighted by molar-refractivity contribution is 5.78. The van der Waals surface area contributed by atoms with Crippen molar-refractivity contribution in [3.8, 4) is 0 Å². The van der Waals surface area contributed by atoms with Crippen LogP contribution in [0.1, 0.15) is 27.2 Å². The Morgan fingerprint density at radius 2 is 2.28 bits per heavy atom. The molecule has 1 heterocycles. The number of nitrogens with one attached hydrogen (secondary N) is 1. The van der Waals surface area contributed by atoms with E-state index >= 15 is 0 Å². The van der Waals surface area contributed by atoms with E-state index in [1.165, 1.54) is 17.1 Å². The van der Waals surface area contributed by atoms with E-state index in [9.17, 15) is 14.9 Å². The number of aromatic nitrogens is 2. The molecule has 2 unspecified atom stereocenters. The van der Waals surface area contributed by atoms with Crippen LogP contribution in [0.25, 0.3) is 0 Å². The van der Waals surface area contributed by atoms with Gasteiger partial charge in [0.05, 0.1) is 17.4 Å². The Hall–Kier alpha value is -1.92. The van der Waals surface area contributed by atoms with E-state index < -0.39 is 4.92 Å². The topological polar surface area (TPSA) is 90.1 Å². The zero-order valence-corrected chi connectivity index (χ0v) is 10.8. The molecule has 0 saturated heterocycles. The van der Waals surface area contributed by atoms with E-state index in [4.69, 9.17) is 0 Å². The zero-order valence-electron chi connectivity index (χ0n) is 10.8. The number of carbonyl (C=O) groups excluding carboxylic acids is 1. The van der Waals surface area contributed by atoms with Crippen molar-refractivity contribution in [1.82, 2.24) is 15.1 Å². The molecule has 0 aliphatic heterocycles. The van der Waals surface area contributed by atoms with Gasteiger partial charge in [0.2, 0.25) is 5.91 Å². The fourth-order valence-electron chi connectivity index (χ4n) is 1.40. The summed E-state index contributed by atoms with van der Waals surface area (Å²) in [6.07, 6.45) is 3.37. The van der Waals surface area contributed by atoms with Gasteiger partial charge in [0.25, 0.3) is 0 Å². The summed E-state index contributed by atoms with van der Waals surface area (Å²) in [5, 5.41) is 17.2. The second-order valence-corrected chi connectivity index (χ2v) is 4.40. The Morgan fingerprint density at radius 3 is 2.78 bits per heavy atom. The van der Waals surface area contributed by atoms with E-state index in [0.29, 0.717) is 6.54 Å². The number of carbonyl (C=O) groups is 1. The van der Waals surface area contributed by atoms with Gasteiger partial charge in [-0.1, -0.05) is 13.8 Å². The normalized spacial score (nSPS) is 13.9. The van der Waals surface area contributed by atoms with Crippen LogP contribution in [0.15, 0.2) is 12.4 Å². The SMILES string of the molecule is CCC(C)NC(=O)C(C)Cn1cc([N+](=O)[O-])cn1. The van der Waals surface area contributed by atoms with E-state index in [0.717, 1.165) is 6.42 Å². The molecule has 0 fully saturated rings. The second kappa shape index (κ2) is 6.13. The predicted molar refractivity (Wildman–Crippen MR) is 65.9 cm³/mol. The van der Waals surface area contributed by atoms with Crippen LogP contribution in [-0.2, 0) is 11.3 Å². The van der Waals surface area contributed by atoms with E-state index in [1.807, 2.05) is 13.8 Å². The van der Waals surface area contributed by atoms with Gasteiger partial charge in [0.15, 0.2) is 0 Å². The molecule has 7 heteroatoms. The minimum Gasteiger partial charge on any atom is -0.353 e. The van der Waals surface area contributed by atoms with Crippen molar-refractivity contribution in [3.63, 3.8) is 0 Å². The molecule has 100 valence electrons. The zero-order chi connectivity index (χ0) is 13.7. The van der Waals surface area contributed by atoms with Crippen molar-refractivity contribution in [2.24, 2.45) is 5.92 Å². The van der Waals surface area contributed by atoms with Gasteiger partial charge in [-0.15, -0.1) is 0 Å². The molecule has 1 aromatic rings. The van der Waals surface area contributed by atoms with Gasteiger partial charge in [-0.2, -0.15) is 5.10 Å². The van der Waals surface area contributed by atoms with Gasteiger partial charge >= 0.3 is 5.69 Å². The van der Waals surface area contributed by atoms with Gasteiger partial charge in [0, 0.05) is 6.04 Å². The van der Waals surface area contributed by atoms with Gasteiger partial charge in [-0.3, -0.25) is 19.6 Å². The molecule has 1 aromatic heterocycles. The maximum absolute atomic E-state index is 11.8. The van der Waals surface area contributed by atoms with Crippen LogP contribution < -0.4 is 5.32 Å². The predicted octanol–water partition coefficient (Wildman–Crippen LogP) is 1.34. The fourth-order valence-corrected chi connectivity index (χ4v) is 1.40. The van der Waals surface area contributed by atoms with Crippen molar-refractivity contribution in [2.75, 3.05) is 0 Å². The van der Waals surface area contributed by atoms with Crippen molar-refractivity contribution in [3.05, 3.63) is 22.5 Å². The van der Waals surface area contributed by atoms with Gasteiger partial charge in [0.1, 0.15) is 12.4 Å². The average Bonchev–Trinajstić information content (AvgIpc) is 2.77. The molecule has 0 aliphatic carbocycles. The smallest absolute Gasteiger partial charge is 0.306 e. The molecule has 0 aromatic carbocycles. The van der Waals surface area contributed by atoms with Crippen LogP contribution >= 0.6 is 0 Å². The summed E-state index contributed by atoms with van der Waals surface area (Å²) >= 11 is 0. The van der Waals surface area contributed by atoms with Gasteiger partial charge < -0.3 is 5.32 Å². The molecule has 0 aliphatic rings. The largest absolute Gasteiger partial charge is 0.353 e. The summed E-state index contributed by atoms with van der Waals surface area (Å²) in [4.78, 5) is 21.8. The average molecular weight is 254 g/mol. The highest BCUT2D eigenvalue weighted by Crippen LogP contribution is 2.10. The molecule has 1 N–H and O–H groups in total. The molecular weight excluding hydrogens is 236 g/mol. The number of nitro groups is 1. The van der Waals surface area contributed by atoms with Gasteiger partial charge in [-0.25, -0.2) is 0 Å². The first-order valence-electron chi connectivity index (χ1n) is 5.91. The lowest BCUT2D eigenvalue weighted by Crippen LogP contribution is -2.37. The quantitative estimate of drug-likeness (QED) is 0.612. The van der Waals surface area contributed by atoms with Crippen LogP contribution in [0.2, 0.25) is 0 Å². The Labute approximate surface area is 105 Å². The van der Waals surface area contributed by atoms with Crippen LogP contribution in [0.4, 0.5) is 5.69 Å². The van der Waals surface area contributed by atoms with Crippen molar-refractivity contribution in [2.45, 2.75) is 39.8 Å². The lowest BCUT2D eigenvalue weighted by atomic mass is 10.1. The van der Waals surface area contributed by atoms with E-state index in [-0.39, 0.29) is 23.6 Å². The molecule has 0 bridgehead atoms. The highest BCUT2D eigenvalue weighted by Gasteiger charge is 2.17. The molecule has 18 heavy (non-hydrogen) atoms. The maximum atomic E-state index is 11.8. The minimum absolute atomic E-state index is 0.0652. The summed E-state index contributed by atoms with van der Waals surface area (Å²) in [6, 6.07) is 0.131. The van der Waals surface area contributed by atoms with Crippen LogP contribution in [0.5, 0.6) is 0 Å².